The molecule has 3 aliphatic rings. The van der Waals surface area contributed by atoms with Gasteiger partial charge in [-0.3, -0.25) is 0 Å². The summed E-state index contributed by atoms with van der Waals surface area (Å²) in [6.45, 7) is 4.10. The van der Waals surface area contributed by atoms with Crippen molar-refractivity contribution in [3.8, 4) is 11.5 Å². The van der Waals surface area contributed by atoms with Crippen LogP contribution < -0.4 is 32.6 Å². The van der Waals surface area contributed by atoms with E-state index in [-0.39, 0.29) is 12.4 Å². The van der Waals surface area contributed by atoms with Gasteiger partial charge in [-0.2, -0.15) is 0 Å². The highest BCUT2D eigenvalue weighted by Crippen LogP contribution is 2.27. The summed E-state index contributed by atoms with van der Waals surface area (Å²) < 4.78 is 8.20. The van der Waals surface area contributed by atoms with Gasteiger partial charge in [0.25, 0.3) is 0 Å². The lowest BCUT2D eigenvalue weighted by Crippen LogP contribution is -3.00. The average molecular weight is 345 g/mol. The highest BCUT2D eigenvalue weighted by Gasteiger charge is 2.14. The van der Waals surface area contributed by atoms with E-state index >= 15 is 0 Å². The number of rotatable bonds is 1. The van der Waals surface area contributed by atoms with E-state index in [9.17, 15) is 0 Å². The van der Waals surface area contributed by atoms with Crippen LogP contribution in [0.2, 0.25) is 0 Å². The number of piperazine rings is 1. The molecule has 5 nitrogen and oxygen atoms in total. The van der Waals surface area contributed by atoms with E-state index in [1.54, 1.807) is 0 Å². The first-order chi connectivity index (χ1) is 11.2. The minimum absolute atomic E-state index is 0. The van der Waals surface area contributed by atoms with Crippen molar-refractivity contribution in [1.29, 1.82) is 0 Å². The van der Waals surface area contributed by atoms with Gasteiger partial charge in [0.2, 0.25) is 5.36 Å². The molecule has 1 aliphatic carbocycles. The summed E-state index contributed by atoms with van der Waals surface area (Å²) in [5.41, 5.74) is 3.82. The maximum Gasteiger partial charge on any atom is 0.203 e. The van der Waals surface area contributed by atoms with Crippen molar-refractivity contribution in [1.82, 2.24) is 14.9 Å². The number of fused-ring (bicyclic) bond motifs is 2. The molecule has 0 unspecified atom stereocenters. The zero-order chi connectivity index (χ0) is 15.8. The Morgan fingerprint density at radius 3 is 2.62 bits per heavy atom. The number of anilines is 1. The molecule has 0 radical (unpaired) electrons. The van der Waals surface area contributed by atoms with Gasteiger partial charge in [0.15, 0.2) is 11.3 Å². The van der Waals surface area contributed by atoms with Crippen molar-refractivity contribution in [2.24, 2.45) is 0 Å². The number of benzene rings is 2. The standard InChI is InChI=1S/C18H21N4O.ClH/c1-21(2)13-3-5-15-17(11-13)23-18-12-14(4-6-16(18)20-15)22-9-7-19-8-10-22;/h3-6,11-12,19H,7-10H2,1-2H3;1H/q+1;/p-1. The summed E-state index contributed by atoms with van der Waals surface area (Å²) in [7, 11) is 4.05. The Morgan fingerprint density at radius 2 is 1.88 bits per heavy atom. The van der Waals surface area contributed by atoms with Gasteiger partial charge in [-0.1, -0.05) is 0 Å². The van der Waals surface area contributed by atoms with Gasteiger partial charge < -0.3 is 27.0 Å². The summed E-state index contributed by atoms with van der Waals surface area (Å²) in [5.74, 6) is 0.821. The third-order valence-electron chi connectivity index (χ3n) is 4.35. The molecule has 126 valence electrons. The highest BCUT2D eigenvalue weighted by atomic mass is 35.5. The van der Waals surface area contributed by atoms with Crippen molar-refractivity contribution in [2.75, 3.05) is 45.2 Å². The second-order valence-corrected chi connectivity index (χ2v) is 6.15. The number of nitrogens with one attached hydrogen (secondary N) is 1. The van der Waals surface area contributed by atoms with Crippen LogP contribution in [0.5, 0.6) is 0 Å². The molecule has 1 aromatic rings. The van der Waals surface area contributed by atoms with Crippen LogP contribution in [0.25, 0.3) is 22.6 Å². The Bertz CT molecular complexity index is 895. The van der Waals surface area contributed by atoms with Crippen LogP contribution in [0.1, 0.15) is 0 Å². The van der Waals surface area contributed by atoms with Gasteiger partial charge in [-0.15, -0.1) is 0 Å². The van der Waals surface area contributed by atoms with Gasteiger partial charge >= 0.3 is 0 Å². The minimum Gasteiger partial charge on any atom is -1.00 e. The minimum atomic E-state index is 0. The normalized spacial score (nSPS) is 14.7. The van der Waals surface area contributed by atoms with Gasteiger partial charge in [-0.25, -0.2) is 9.56 Å². The second-order valence-electron chi connectivity index (χ2n) is 6.15. The number of halogens is 1. The molecule has 4 rings (SSSR count). The Morgan fingerprint density at radius 1 is 1.08 bits per heavy atom. The summed E-state index contributed by atoms with van der Waals surface area (Å²) in [5, 5.41) is 4.49. The molecule has 1 aromatic carbocycles. The van der Waals surface area contributed by atoms with E-state index in [0.717, 1.165) is 54.1 Å². The summed E-state index contributed by atoms with van der Waals surface area (Å²) in [4.78, 5) is 7.10. The van der Waals surface area contributed by atoms with Crippen LogP contribution >= 0.6 is 0 Å². The molecule has 1 fully saturated rings. The van der Waals surface area contributed by atoms with Crippen molar-refractivity contribution < 1.29 is 16.8 Å². The Kier molecular flexibility index (Phi) is 4.73. The molecule has 2 heterocycles. The number of aromatic nitrogens is 1. The van der Waals surface area contributed by atoms with Gasteiger partial charge in [0.1, 0.15) is 25.3 Å². The van der Waals surface area contributed by atoms with E-state index in [0.29, 0.717) is 0 Å². The van der Waals surface area contributed by atoms with Crippen LogP contribution in [0.4, 0.5) is 5.69 Å². The molecule has 0 atom stereocenters. The van der Waals surface area contributed by atoms with Crippen LogP contribution in [-0.4, -0.2) is 45.3 Å². The molecule has 2 aliphatic heterocycles. The van der Waals surface area contributed by atoms with Crippen molar-refractivity contribution in [2.45, 2.75) is 0 Å². The van der Waals surface area contributed by atoms with E-state index in [1.807, 2.05) is 26.2 Å². The van der Waals surface area contributed by atoms with Gasteiger partial charge in [0.05, 0.1) is 6.07 Å². The van der Waals surface area contributed by atoms with E-state index in [2.05, 4.69) is 39.1 Å². The number of nitrogens with zero attached hydrogens (tertiary/aromatic N) is 3. The van der Waals surface area contributed by atoms with E-state index in [4.69, 9.17) is 9.40 Å². The maximum absolute atomic E-state index is 6.14. The topological polar surface area (TPSA) is 44.3 Å². The van der Waals surface area contributed by atoms with Gasteiger partial charge in [0, 0.05) is 44.0 Å². The first-order valence-corrected chi connectivity index (χ1v) is 8.01. The smallest absolute Gasteiger partial charge is 0.203 e. The monoisotopic (exact) mass is 344 g/mol. The molecule has 24 heavy (non-hydrogen) atoms. The molecule has 0 saturated carbocycles. The molecular formula is C18H21ClN4O. The average Bonchev–Trinajstić information content (AvgIpc) is 2.59. The lowest BCUT2D eigenvalue weighted by atomic mass is 10.2. The van der Waals surface area contributed by atoms with Crippen LogP contribution in [0.3, 0.4) is 0 Å². The fourth-order valence-corrected chi connectivity index (χ4v) is 3.00. The largest absolute Gasteiger partial charge is 1.00 e. The van der Waals surface area contributed by atoms with E-state index < -0.39 is 0 Å². The molecule has 1 saturated heterocycles. The predicted molar refractivity (Wildman–Crippen MR) is 92.8 cm³/mol. The molecule has 0 spiro atoms. The van der Waals surface area contributed by atoms with E-state index in [1.165, 1.54) is 5.69 Å². The second kappa shape index (κ2) is 6.79. The predicted octanol–water partition coefficient (Wildman–Crippen LogP) is -1.62. The molecule has 1 N–H and O–H groups in total. The molecule has 0 aromatic heterocycles. The lowest BCUT2D eigenvalue weighted by Gasteiger charge is -2.29. The molecule has 0 bridgehead atoms. The zero-order valence-corrected chi connectivity index (χ0v) is 14.7. The van der Waals surface area contributed by atoms with Gasteiger partial charge in [-0.05, 0) is 18.2 Å². The zero-order valence-electron chi connectivity index (χ0n) is 13.9. The molecule has 6 heteroatoms. The summed E-state index contributed by atoms with van der Waals surface area (Å²) >= 11 is 0. The fourth-order valence-electron chi connectivity index (χ4n) is 3.00. The summed E-state index contributed by atoms with van der Waals surface area (Å²) in [6.07, 6.45) is 0. The Balaban J connectivity index is 0.00000169. The van der Waals surface area contributed by atoms with Crippen molar-refractivity contribution >= 4 is 16.8 Å². The maximum atomic E-state index is 6.14. The quantitative estimate of drug-likeness (QED) is 0.426. The first kappa shape index (κ1) is 16.7. The Hall–Kier alpha value is -2.11. The summed E-state index contributed by atoms with van der Waals surface area (Å²) in [6, 6.07) is 12.4. The lowest BCUT2D eigenvalue weighted by molar-refractivity contribution is -0.00000523. The molecule has 0 amide bonds. The SMILES string of the molecule is C[N+](C)=c1ccc2nc3ccc(N4CCNCC4)cc3oc-2c1.[Cl-]. The van der Waals surface area contributed by atoms with Crippen LogP contribution in [0, 0.1) is 0 Å². The first-order valence-electron chi connectivity index (χ1n) is 8.01. The number of hydrogen-bond donors (Lipinski definition) is 1. The Labute approximate surface area is 147 Å². The van der Waals surface area contributed by atoms with Crippen LogP contribution in [0.15, 0.2) is 40.8 Å². The third-order valence-corrected chi connectivity index (χ3v) is 4.35. The van der Waals surface area contributed by atoms with Crippen LogP contribution in [-0.2, 0) is 0 Å². The van der Waals surface area contributed by atoms with Crippen molar-refractivity contribution in [3.63, 3.8) is 0 Å². The van der Waals surface area contributed by atoms with Crippen molar-refractivity contribution in [3.05, 3.63) is 41.8 Å². The number of hydrogen-bond acceptors (Lipinski definition) is 4. The molecular weight excluding hydrogens is 324 g/mol. The highest BCUT2D eigenvalue weighted by molar-refractivity contribution is 5.80. The fraction of sp³-hybridized carbons (Fsp3) is 0.333. The third kappa shape index (κ3) is 3.09.